The van der Waals surface area contributed by atoms with Crippen LogP contribution in [0.1, 0.15) is 67.2 Å². The average molecular weight is 637 g/mol. The lowest BCUT2D eigenvalue weighted by atomic mass is 9.78. The molecule has 47 heavy (non-hydrogen) atoms. The van der Waals surface area contributed by atoms with Crippen molar-refractivity contribution in [3.63, 3.8) is 0 Å². The molecule has 0 aromatic heterocycles. The number of allylic oxidation sites excluding steroid dienone is 11. The number of hydrogen-bond acceptors (Lipinski definition) is 10. The Kier molecular flexibility index (Phi) is 8.02. The predicted octanol–water partition coefficient (Wildman–Crippen LogP) is 5.99. The number of carbonyl (C=O) groups excluding carboxylic acids is 3. The number of aliphatic hydroxyl groups excluding tert-OH is 1. The van der Waals surface area contributed by atoms with Gasteiger partial charge in [-0.1, -0.05) is 13.8 Å². The number of carbonyl (C=O) groups is 3. The highest BCUT2D eigenvalue weighted by molar-refractivity contribution is 6.25. The van der Waals surface area contributed by atoms with Crippen LogP contribution in [0.25, 0.3) is 0 Å². The lowest BCUT2D eigenvalue weighted by Gasteiger charge is -2.27. The molecule has 8 bridgehead atoms. The highest BCUT2D eigenvalue weighted by Gasteiger charge is 2.57. The second-order valence-corrected chi connectivity index (χ2v) is 12.8. The van der Waals surface area contributed by atoms with Crippen molar-refractivity contribution in [3.05, 3.63) is 91.5 Å². The maximum absolute atomic E-state index is 13.6. The number of aliphatic imine (C=N–C) groups is 3. The first-order valence-corrected chi connectivity index (χ1v) is 16.0. The van der Waals surface area contributed by atoms with Crippen molar-refractivity contribution in [2.24, 2.45) is 32.2 Å². The van der Waals surface area contributed by atoms with E-state index in [0.717, 1.165) is 57.7 Å². The number of aliphatic hydroxyl groups is 1. The third-order valence-corrected chi connectivity index (χ3v) is 10.4. The van der Waals surface area contributed by atoms with Crippen molar-refractivity contribution in [2.75, 3.05) is 14.2 Å². The molecule has 0 spiro atoms. The van der Waals surface area contributed by atoms with Crippen molar-refractivity contribution in [2.45, 2.75) is 67.2 Å². The average Bonchev–Trinajstić information content (AvgIpc) is 3.77. The second kappa shape index (κ2) is 11.7. The monoisotopic (exact) mass is 636 g/mol. The summed E-state index contributed by atoms with van der Waals surface area (Å²) in [6, 6.07) is 0. The van der Waals surface area contributed by atoms with Crippen molar-refractivity contribution in [1.29, 1.82) is 0 Å². The standard InChI is InChI=1S/C37H40N4O6/c1-9-21-17(2)25-15-29-22(12-13-42)18(3)24(39-29)14-26-19(4)23(10-11-30(43)46-7)33(40-26)32-34-31(35(44)37(32,6)36(45)47-8)20(5)27(41-34)16-28(21)38-25/h13-16,19,23,40,44H,9-12H2,1-8H3. The van der Waals surface area contributed by atoms with Crippen molar-refractivity contribution >= 4 is 35.4 Å². The molecule has 244 valence electrons. The Hall–Kier alpha value is -4.86. The number of ether oxygens (including phenoxy) is 2. The van der Waals surface area contributed by atoms with Gasteiger partial charge in [0.1, 0.15) is 12.0 Å². The molecule has 0 aromatic rings. The summed E-state index contributed by atoms with van der Waals surface area (Å²) in [6.07, 6.45) is 8.27. The molecule has 1 saturated heterocycles. The first kappa shape index (κ1) is 32.1. The Morgan fingerprint density at radius 1 is 0.979 bits per heavy atom. The maximum Gasteiger partial charge on any atom is 0.323 e. The van der Waals surface area contributed by atoms with Crippen LogP contribution in [0.3, 0.4) is 0 Å². The smallest absolute Gasteiger partial charge is 0.323 e. The van der Waals surface area contributed by atoms with E-state index in [4.69, 9.17) is 24.5 Å². The number of hydrogen-bond donors (Lipinski definition) is 2. The van der Waals surface area contributed by atoms with Crippen molar-refractivity contribution in [1.82, 2.24) is 5.32 Å². The zero-order valence-corrected chi connectivity index (χ0v) is 28.1. The van der Waals surface area contributed by atoms with Crippen LogP contribution in [0.15, 0.2) is 106 Å². The summed E-state index contributed by atoms with van der Waals surface area (Å²) in [7, 11) is 2.66. The van der Waals surface area contributed by atoms with Gasteiger partial charge in [-0.2, -0.15) is 0 Å². The van der Waals surface area contributed by atoms with Crippen LogP contribution in [0.5, 0.6) is 0 Å². The van der Waals surface area contributed by atoms with E-state index in [1.54, 1.807) is 6.92 Å². The first-order valence-electron chi connectivity index (χ1n) is 16.0. The number of nitrogens with one attached hydrogen (secondary N) is 1. The number of aldehydes is 1. The minimum absolute atomic E-state index is 0.126. The van der Waals surface area contributed by atoms with E-state index in [0.29, 0.717) is 46.1 Å². The fraction of sp³-hybridized carbons (Fsp3) is 0.405. The normalized spacial score (nSPS) is 26.3. The summed E-state index contributed by atoms with van der Waals surface area (Å²) < 4.78 is 10.3. The fourth-order valence-electron chi connectivity index (χ4n) is 7.57. The topological polar surface area (TPSA) is 139 Å². The second-order valence-electron chi connectivity index (χ2n) is 12.8. The van der Waals surface area contributed by atoms with Crippen LogP contribution >= 0.6 is 0 Å². The largest absolute Gasteiger partial charge is 0.510 e. The Bertz CT molecular complexity index is 1900. The zero-order chi connectivity index (χ0) is 33.9. The van der Waals surface area contributed by atoms with E-state index >= 15 is 0 Å². The molecule has 1 aliphatic carbocycles. The molecule has 10 nitrogen and oxygen atoms in total. The summed E-state index contributed by atoms with van der Waals surface area (Å²) in [5.41, 5.74) is 9.58. The summed E-state index contributed by atoms with van der Waals surface area (Å²) in [5, 5.41) is 15.5. The molecule has 0 aromatic carbocycles. The number of methoxy groups -OCH3 is 2. The van der Waals surface area contributed by atoms with Crippen LogP contribution in [-0.4, -0.2) is 54.7 Å². The van der Waals surface area contributed by atoms with E-state index in [1.165, 1.54) is 14.2 Å². The molecule has 5 aliphatic heterocycles. The minimum atomic E-state index is -1.55. The summed E-state index contributed by atoms with van der Waals surface area (Å²) >= 11 is 0. The van der Waals surface area contributed by atoms with Crippen LogP contribution in [0, 0.1) is 17.3 Å². The maximum atomic E-state index is 13.6. The molecule has 0 amide bonds. The Balaban J connectivity index is 1.69. The van der Waals surface area contributed by atoms with Gasteiger partial charge in [0.2, 0.25) is 0 Å². The molecular weight excluding hydrogens is 596 g/mol. The zero-order valence-electron chi connectivity index (χ0n) is 28.1. The third-order valence-electron chi connectivity index (χ3n) is 10.4. The van der Waals surface area contributed by atoms with E-state index in [2.05, 4.69) is 19.2 Å². The highest BCUT2D eigenvalue weighted by Crippen LogP contribution is 2.54. The van der Waals surface area contributed by atoms with E-state index < -0.39 is 11.4 Å². The molecular formula is C37H40N4O6. The fourth-order valence-corrected chi connectivity index (χ4v) is 7.57. The van der Waals surface area contributed by atoms with Gasteiger partial charge < -0.3 is 24.7 Å². The molecule has 0 radical (unpaired) electrons. The third kappa shape index (κ3) is 4.75. The van der Waals surface area contributed by atoms with Crippen LogP contribution < -0.4 is 5.32 Å². The number of fused-ring (bicyclic) bond motifs is 5. The van der Waals surface area contributed by atoms with Gasteiger partial charge in [-0.25, -0.2) is 15.0 Å². The van der Waals surface area contributed by atoms with Gasteiger partial charge >= 0.3 is 11.9 Å². The highest BCUT2D eigenvalue weighted by atomic mass is 16.5. The lowest BCUT2D eigenvalue weighted by Crippen LogP contribution is -2.35. The summed E-state index contributed by atoms with van der Waals surface area (Å²) in [4.78, 5) is 52.9. The van der Waals surface area contributed by atoms with E-state index in [1.807, 2.05) is 39.0 Å². The van der Waals surface area contributed by atoms with Gasteiger partial charge in [-0.15, -0.1) is 0 Å². The number of nitrogens with zero attached hydrogens (tertiary/aromatic N) is 3. The quantitative estimate of drug-likeness (QED) is 0.259. The van der Waals surface area contributed by atoms with Gasteiger partial charge in [-0.3, -0.25) is 9.59 Å². The van der Waals surface area contributed by atoms with Crippen molar-refractivity contribution in [3.8, 4) is 0 Å². The first-order chi connectivity index (χ1) is 22.4. The van der Waals surface area contributed by atoms with Gasteiger partial charge in [0.05, 0.1) is 48.4 Å². The van der Waals surface area contributed by atoms with Crippen LogP contribution in [0.2, 0.25) is 0 Å². The summed E-state index contributed by atoms with van der Waals surface area (Å²) in [5.74, 6) is -1.49. The summed E-state index contributed by atoms with van der Waals surface area (Å²) in [6.45, 7) is 11.7. The Labute approximate surface area is 274 Å². The molecule has 6 aliphatic rings. The molecule has 6 rings (SSSR count). The Morgan fingerprint density at radius 3 is 2.28 bits per heavy atom. The van der Waals surface area contributed by atoms with E-state index in [-0.39, 0.29) is 36.4 Å². The van der Waals surface area contributed by atoms with Gasteiger partial charge in [0.25, 0.3) is 0 Å². The molecule has 10 heteroatoms. The Morgan fingerprint density at radius 2 is 1.64 bits per heavy atom. The van der Waals surface area contributed by atoms with Crippen LogP contribution in [0.4, 0.5) is 0 Å². The van der Waals surface area contributed by atoms with Gasteiger partial charge in [0, 0.05) is 47.2 Å². The molecule has 5 heterocycles. The molecule has 0 saturated carbocycles. The number of esters is 2. The minimum Gasteiger partial charge on any atom is -0.510 e. The molecule has 3 atom stereocenters. The SMILES string of the molecule is CCC1=C(C)C2=NC1=CC1=C(C)C3=C(O)C(C)(C(=O)OC)C(=C4NC(=CC5=NC(=C2)C(CC=O)=C5C)C(C)C4CCC(=O)OC)C3=N1. The molecule has 3 unspecified atom stereocenters. The van der Waals surface area contributed by atoms with Crippen molar-refractivity contribution < 1.29 is 29.0 Å². The van der Waals surface area contributed by atoms with Gasteiger partial charge in [-0.05, 0) is 86.6 Å². The van der Waals surface area contributed by atoms with Gasteiger partial charge in [0.15, 0.2) is 5.41 Å². The predicted molar refractivity (Wildman–Crippen MR) is 179 cm³/mol. The van der Waals surface area contributed by atoms with E-state index in [9.17, 15) is 19.5 Å². The lowest BCUT2D eigenvalue weighted by molar-refractivity contribution is -0.148. The number of rotatable bonds is 7. The molecule has 2 N–H and O–H groups in total. The molecule has 1 fully saturated rings. The van der Waals surface area contributed by atoms with Crippen LogP contribution in [-0.2, 0) is 23.9 Å².